The van der Waals surface area contributed by atoms with Gasteiger partial charge in [0.25, 0.3) is 0 Å². The fraction of sp³-hybridized carbons (Fsp3) is 0.462. The van der Waals surface area contributed by atoms with Crippen molar-refractivity contribution in [2.24, 2.45) is 0 Å². The van der Waals surface area contributed by atoms with E-state index in [2.05, 4.69) is 10.3 Å². The van der Waals surface area contributed by atoms with Crippen molar-refractivity contribution in [2.45, 2.75) is 26.3 Å². The Morgan fingerprint density at radius 1 is 1.37 bits per heavy atom. The summed E-state index contributed by atoms with van der Waals surface area (Å²) < 4.78 is 9.81. The molecule has 0 saturated carbocycles. The van der Waals surface area contributed by atoms with Crippen LogP contribution in [0.25, 0.3) is 0 Å². The number of hydrogen-bond acceptors (Lipinski definition) is 5. The van der Waals surface area contributed by atoms with E-state index in [1.54, 1.807) is 19.2 Å². The largest absolute Gasteiger partial charge is 0.481 e. The molecule has 0 aliphatic carbocycles. The maximum absolute atomic E-state index is 11.5. The van der Waals surface area contributed by atoms with Crippen molar-refractivity contribution >= 4 is 11.9 Å². The Labute approximate surface area is 112 Å². The average Bonchev–Trinajstić information content (AvgIpc) is 2.43. The average molecular weight is 266 g/mol. The van der Waals surface area contributed by atoms with E-state index in [0.717, 1.165) is 5.56 Å². The molecule has 104 valence electrons. The highest BCUT2D eigenvalue weighted by Gasteiger charge is 2.09. The minimum Gasteiger partial charge on any atom is -0.481 e. The molecule has 0 radical (unpaired) electrons. The summed E-state index contributed by atoms with van der Waals surface area (Å²) in [5.74, 6) is -0.0937. The Kier molecular flexibility index (Phi) is 6.35. The minimum atomic E-state index is -0.364. The number of pyridine rings is 1. The van der Waals surface area contributed by atoms with Gasteiger partial charge in [-0.2, -0.15) is 0 Å². The van der Waals surface area contributed by atoms with Gasteiger partial charge in [0.15, 0.2) is 0 Å². The van der Waals surface area contributed by atoms with E-state index in [1.165, 1.54) is 7.11 Å². The van der Waals surface area contributed by atoms with Crippen LogP contribution in [0.3, 0.4) is 0 Å². The van der Waals surface area contributed by atoms with Crippen LogP contribution in [-0.2, 0) is 20.9 Å². The summed E-state index contributed by atoms with van der Waals surface area (Å²) in [6.45, 7) is 2.37. The molecule has 1 rings (SSSR count). The zero-order valence-corrected chi connectivity index (χ0v) is 11.1. The van der Waals surface area contributed by atoms with Gasteiger partial charge in [-0.3, -0.25) is 9.59 Å². The third kappa shape index (κ3) is 5.37. The highest BCUT2D eigenvalue weighted by atomic mass is 16.5. The number of amides is 1. The van der Waals surface area contributed by atoms with Gasteiger partial charge in [-0.1, -0.05) is 6.07 Å². The predicted molar refractivity (Wildman–Crippen MR) is 68.5 cm³/mol. The number of esters is 1. The quantitative estimate of drug-likeness (QED) is 0.746. The van der Waals surface area contributed by atoms with Gasteiger partial charge < -0.3 is 14.8 Å². The fourth-order valence-corrected chi connectivity index (χ4v) is 1.47. The van der Waals surface area contributed by atoms with E-state index in [-0.39, 0.29) is 24.7 Å². The zero-order valence-electron chi connectivity index (χ0n) is 11.1. The molecule has 0 aliphatic heterocycles. The molecule has 1 heterocycles. The molecular formula is C13H18N2O4. The molecule has 19 heavy (non-hydrogen) atoms. The second-order valence-corrected chi connectivity index (χ2v) is 3.75. The van der Waals surface area contributed by atoms with E-state index in [0.29, 0.717) is 19.0 Å². The number of rotatable bonds is 7. The van der Waals surface area contributed by atoms with Crippen molar-refractivity contribution in [3.63, 3.8) is 0 Å². The Bertz CT molecular complexity index is 434. The van der Waals surface area contributed by atoms with Crippen LogP contribution in [0.15, 0.2) is 18.3 Å². The topological polar surface area (TPSA) is 77.5 Å². The monoisotopic (exact) mass is 266 g/mol. The van der Waals surface area contributed by atoms with Crippen LogP contribution < -0.4 is 10.1 Å². The first-order valence-corrected chi connectivity index (χ1v) is 6.07. The van der Waals surface area contributed by atoms with Crippen LogP contribution in [0, 0.1) is 0 Å². The molecule has 1 aromatic rings. The van der Waals surface area contributed by atoms with E-state index in [9.17, 15) is 9.59 Å². The molecule has 0 saturated heterocycles. The summed E-state index contributed by atoms with van der Waals surface area (Å²) >= 11 is 0. The second-order valence-electron chi connectivity index (χ2n) is 3.75. The standard InChI is InChI=1S/C13H18N2O4/c1-3-19-12(17)7-6-11(16)15-9-10-5-4-8-14-13(10)18-2/h4-5,8H,3,6-7,9H2,1-2H3,(H,15,16). The Morgan fingerprint density at radius 3 is 2.84 bits per heavy atom. The molecule has 0 fully saturated rings. The van der Waals surface area contributed by atoms with Crippen LogP contribution >= 0.6 is 0 Å². The van der Waals surface area contributed by atoms with Crippen molar-refractivity contribution in [1.29, 1.82) is 0 Å². The third-order valence-electron chi connectivity index (χ3n) is 2.38. The number of aromatic nitrogens is 1. The van der Waals surface area contributed by atoms with E-state index in [1.807, 2.05) is 6.07 Å². The van der Waals surface area contributed by atoms with Crippen molar-refractivity contribution in [3.8, 4) is 5.88 Å². The molecule has 0 atom stereocenters. The Hall–Kier alpha value is -2.11. The Morgan fingerprint density at radius 2 is 2.16 bits per heavy atom. The van der Waals surface area contributed by atoms with E-state index < -0.39 is 0 Å². The lowest BCUT2D eigenvalue weighted by Crippen LogP contribution is -2.24. The lowest BCUT2D eigenvalue weighted by molar-refractivity contribution is -0.144. The maximum Gasteiger partial charge on any atom is 0.306 e. The van der Waals surface area contributed by atoms with Crippen LogP contribution in [0.2, 0.25) is 0 Å². The first-order chi connectivity index (χ1) is 9.17. The van der Waals surface area contributed by atoms with Gasteiger partial charge in [0.05, 0.1) is 20.1 Å². The number of nitrogens with one attached hydrogen (secondary N) is 1. The van der Waals surface area contributed by atoms with E-state index in [4.69, 9.17) is 9.47 Å². The molecule has 1 aromatic heterocycles. The lowest BCUT2D eigenvalue weighted by atomic mass is 10.2. The first-order valence-electron chi connectivity index (χ1n) is 6.07. The molecule has 6 heteroatoms. The van der Waals surface area contributed by atoms with Crippen molar-refractivity contribution in [3.05, 3.63) is 23.9 Å². The predicted octanol–water partition coefficient (Wildman–Crippen LogP) is 1.05. The molecule has 0 aliphatic rings. The van der Waals surface area contributed by atoms with Gasteiger partial charge in [-0.15, -0.1) is 0 Å². The van der Waals surface area contributed by atoms with Crippen LogP contribution in [0.5, 0.6) is 5.88 Å². The summed E-state index contributed by atoms with van der Waals surface area (Å²) in [7, 11) is 1.52. The number of carbonyl (C=O) groups is 2. The van der Waals surface area contributed by atoms with Crippen LogP contribution in [-0.4, -0.2) is 30.6 Å². The third-order valence-corrected chi connectivity index (χ3v) is 2.38. The molecule has 0 unspecified atom stereocenters. The fourth-order valence-electron chi connectivity index (χ4n) is 1.47. The van der Waals surface area contributed by atoms with Gasteiger partial charge >= 0.3 is 5.97 Å². The van der Waals surface area contributed by atoms with Crippen molar-refractivity contribution in [2.75, 3.05) is 13.7 Å². The number of ether oxygens (including phenoxy) is 2. The van der Waals surface area contributed by atoms with Gasteiger partial charge in [0.1, 0.15) is 0 Å². The molecule has 6 nitrogen and oxygen atoms in total. The molecule has 1 N–H and O–H groups in total. The molecule has 1 amide bonds. The van der Waals surface area contributed by atoms with E-state index >= 15 is 0 Å². The number of methoxy groups -OCH3 is 1. The molecule has 0 spiro atoms. The summed E-state index contributed by atoms with van der Waals surface area (Å²) in [5, 5.41) is 2.70. The molecular weight excluding hydrogens is 248 g/mol. The molecule has 0 bridgehead atoms. The summed E-state index contributed by atoms with van der Waals surface area (Å²) in [6.07, 6.45) is 1.82. The highest BCUT2D eigenvalue weighted by molar-refractivity contribution is 5.81. The second kappa shape index (κ2) is 8.07. The highest BCUT2D eigenvalue weighted by Crippen LogP contribution is 2.12. The van der Waals surface area contributed by atoms with Crippen molar-refractivity contribution in [1.82, 2.24) is 10.3 Å². The lowest BCUT2D eigenvalue weighted by Gasteiger charge is -2.08. The van der Waals surface area contributed by atoms with Gasteiger partial charge in [-0.05, 0) is 13.0 Å². The molecule has 0 aromatic carbocycles. The van der Waals surface area contributed by atoms with Crippen LogP contribution in [0.1, 0.15) is 25.3 Å². The van der Waals surface area contributed by atoms with Crippen molar-refractivity contribution < 1.29 is 19.1 Å². The van der Waals surface area contributed by atoms with Gasteiger partial charge in [0.2, 0.25) is 11.8 Å². The summed E-state index contributed by atoms with van der Waals surface area (Å²) in [5.41, 5.74) is 0.787. The first kappa shape index (κ1) is 14.9. The SMILES string of the molecule is CCOC(=O)CCC(=O)NCc1cccnc1OC. The maximum atomic E-state index is 11.5. The number of carbonyl (C=O) groups excluding carboxylic acids is 2. The number of nitrogens with zero attached hydrogens (tertiary/aromatic N) is 1. The Balaban J connectivity index is 2.35. The van der Waals surface area contributed by atoms with Gasteiger partial charge in [-0.25, -0.2) is 4.98 Å². The normalized spacial score (nSPS) is 9.79. The number of hydrogen-bond donors (Lipinski definition) is 1. The van der Waals surface area contributed by atoms with Crippen LogP contribution in [0.4, 0.5) is 0 Å². The zero-order chi connectivity index (χ0) is 14.1. The van der Waals surface area contributed by atoms with Gasteiger partial charge in [0, 0.05) is 24.7 Å². The summed E-state index contributed by atoms with van der Waals surface area (Å²) in [6, 6.07) is 3.58. The minimum absolute atomic E-state index is 0.0872. The summed E-state index contributed by atoms with van der Waals surface area (Å²) in [4.78, 5) is 26.7. The smallest absolute Gasteiger partial charge is 0.306 e.